The van der Waals surface area contributed by atoms with Crippen LogP contribution in [0.5, 0.6) is 0 Å². The van der Waals surface area contributed by atoms with Gasteiger partial charge in [0.15, 0.2) is 0 Å². The molecule has 0 saturated carbocycles. The summed E-state index contributed by atoms with van der Waals surface area (Å²) in [5.74, 6) is -0.235. The third kappa shape index (κ3) is 6.40. The van der Waals surface area contributed by atoms with Crippen molar-refractivity contribution in [3.8, 4) is 0 Å². The molecule has 2 rings (SSSR count). The summed E-state index contributed by atoms with van der Waals surface area (Å²) >= 11 is 6.08. The van der Waals surface area contributed by atoms with E-state index in [0.29, 0.717) is 11.6 Å². The summed E-state index contributed by atoms with van der Waals surface area (Å²) in [6, 6.07) is 16.4. The number of amides is 2. The van der Waals surface area contributed by atoms with Gasteiger partial charge in [-0.2, -0.15) is 0 Å². The van der Waals surface area contributed by atoms with Crippen LogP contribution in [0.4, 0.5) is 0 Å². The van der Waals surface area contributed by atoms with Gasteiger partial charge in [-0.3, -0.25) is 9.59 Å². The van der Waals surface area contributed by atoms with Crippen molar-refractivity contribution in [2.45, 2.75) is 52.2 Å². The first-order valence-corrected chi connectivity index (χ1v) is 9.66. The average Bonchev–Trinajstić information content (AvgIpc) is 2.66. The third-order valence-corrected chi connectivity index (χ3v) is 4.84. The van der Waals surface area contributed by atoms with Crippen molar-refractivity contribution in [1.82, 2.24) is 10.2 Å². The predicted molar refractivity (Wildman–Crippen MR) is 110 cm³/mol. The highest BCUT2D eigenvalue weighted by atomic mass is 35.5. The van der Waals surface area contributed by atoms with Crippen molar-refractivity contribution in [3.63, 3.8) is 0 Å². The van der Waals surface area contributed by atoms with E-state index >= 15 is 0 Å². The Labute approximate surface area is 166 Å². The van der Waals surface area contributed by atoms with Gasteiger partial charge in [0.1, 0.15) is 6.04 Å². The summed E-state index contributed by atoms with van der Waals surface area (Å²) < 4.78 is 0. The summed E-state index contributed by atoms with van der Waals surface area (Å²) in [4.78, 5) is 27.3. The fraction of sp³-hybridized carbons (Fsp3) is 0.364. The molecule has 0 radical (unpaired) electrons. The molecular weight excluding hydrogens is 360 g/mol. The lowest BCUT2D eigenvalue weighted by molar-refractivity contribution is -0.140. The third-order valence-electron chi connectivity index (χ3n) is 4.61. The van der Waals surface area contributed by atoms with Gasteiger partial charge in [0.05, 0.1) is 6.42 Å². The smallest absolute Gasteiger partial charge is 0.242 e. The van der Waals surface area contributed by atoms with Crippen molar-refractivity contribution < 1.29 is 9.59 Å². The van der Waals surface area contributed by atoms with E-state index in [-0.39, 0.29) is 24.3 Å². The number of benzene rings is 2. The highest BCUT2D eigenvalue weighted by Gasteiger charge is 2.26. The number of halogens is 1. The molecule has 0 aromatic heterocycles. The van der Waals surface area contributed by atoms with Crippen LogP contribution < -0.4 is 5.32 Å². The zero-order valence-corrected chi connectivity index (χ0v) is 16.9. The monoisotopic (exact) mass is 386 g/mol. The molecule has 0 aliphatic heterocycles. The van der Waals surface area contributed by atoms with Crippen LogP contribution in [0.25, 0.3) is 0 Å². The second kappa shape index (κ2) is 10.1. The van der Waals surface area contributed by atoms with Gasteiger partial charge in [0.2, 0.25) is 11.8 Å². The van der Waals surface area contributed by atoms with E-state index in [0.717, 1.165) is 17.5 Å². The normalized spacial score (nSPS) is 12.9. The van der Waals surface area contributed by atoms with Gasteiger partial charge in [-0.25, -0.2) is 0 Å². The van der Waals surface area contributed by atoms with Crippen LogP contribution in [0.2, 0.25) is 5.02 Å². The zero-order chi connectivity index (χ0) is 19.8. The summed E-state index contributed by atoms with van der Waals surface area (Å²) in [6.45, 7) is 6.07. The SMILES string of the molecule is CCC(C)NC(=O)C(C)N(Cc1cccc(Cl)c1)C(=O)Cc1ccccc1. The van der Waals surface area contributed by atoms with Crippen LogP contribution >= 0.6 is 11.6 Å². The van der Waals surface area contributed by atoms with Gasteiger partial charge in [0.25, 0.3) is 0 Å². The van der Waals surface area contributed by atoms with Gasteiger partial charge >= 0.3 is 0 Å². The highest BCUT2D eigenvalue weighted by Crippen LogP contribution is 2.16. The van der Waals surface area contributed by atoms with E-state index < -0.39 is 6.04 Å². The number of nitrogens with zero attached hydrogens (tertiary/aromatic N) is 1. The Bertz CT molecular complexity index is 764. The second-order valence-corrected chi connectivity index (χ2v) is 7.24. The molecule has 0 spiro atoms. The first-order chi connectivity index (χ1) is 12.9. The lowest BCUT2D eigenvalue weighted by Gasteiger charge is -2.30. The topological polar surface area (TPSA) is 49.4 Å². The minimum absolute atomic E-state index is 0.0668. The molecule has 0 fully saturated rings. The second-order valence-electron chi connectivity index (χ2n) is 6.81. The number of carbonyl (C=O) groups excluding carboxylic acids is 2. The minimum atomic E-state index is -0.575. The Morgan fingerprint density at radius 1 is 1.04 bits per heavy atom. The average molecular weight is 387 g/mol. The summed E-state index contributed by atoms with van der Waals surface area (Å²) in [5, 5.41) is 3.58. The molecular formula is C22H27ClN2O2. The van der Waals surface area contributed by atoms with E-state index in [2.05, 4.69) is 5.32 Å². The molecule has 2 amide bonds. The first kappa shape index (κ1) is 21.0. The number of rotatable bonds is 8. The summed E-state index contributed by atoms with van der Waals surface area (Å²) in [6.07, 6.45) is 1.09. The molecule has 2 unspecified atom stereocenters. The molecule has 4 nitrogen and oxygen atoms in total. The Morgan fingerprint density at radius 3 is 2.33 bits per heavy atom. The molecule has 0 heterocycles. The number of hydrogen-bond acceptors (Lipinski definition) is 2. The Balaban J connectivity index is 2.21. The van der Waals surface area contributed by atoms with E-state index in [1.54, 1.807) is 17.9 Å². The van der Waals surface area contributed by atoms with E-state index in [1.165, 1.54) is 0 Å². The van der Waals surface area contributed by atoms with Gasteiger partial charge in [-0.05, 0) is 43.5 Å². The van der Waals surface area contributed by atoms with Crippen LogP contribution in [0.15, 0.2) is 54.6 Å². The molecule has 2 aromatic carbocycles. The van der Waals surface area contributed by atoms with Gasteiger partial charge in [-0.15, -0.1) is 0 Å². The Morgan fingerprint density at radius 2 is 1.70 bits per heavy atom. The quantitative estimate of drug-likeness (QED) is 0.738. The fourth-order valence-corrected chi connectivity index (χ4v) is 2.97. The van der Waals surface area contributed by atoms with Gasteiger partial charge in [0, 0.05) is 17.6 Å². The molecule has 27 heavy (non-hydrogen) atoms. The van der Waals surface area contributed by atoms with Crippen LogP contribution in [-0.4, -0.2) is 28.8 Å². The lowest BCUT2D eigenvalue weighted by Crippen LogP contribution is -2.49. The molecule has 0 aliphatic carbocycles. The number of hydrogen-bond donors (Lipinski definition) is 1. The highest BCUT2D eigenvalue weighted by molar-refractivity contribution is 6.30. The number of carbonyl (C=O) groups is 2. The standard InChI is InChI=1S/C22H27ClN2O2/c1-4-16(2)24-22(27)17(3)25(15-19-11-8-12-20(23)13-19)21(26)14-18-9-6-5-7-10-18/h5-13,16-17H,4,14-15H2,1-3H3,(H,24,27). The van der Waals surface area contributed by atoms with Crippen molar-refractivity contribution in [2.75, 3.05) is 0 Å². The molecule has 2 atom stereocenters. The molecule has 5 heteroatoms. The summed E-state index contributed by atoms with van der Waals surface area (Å²) in [5.41, 5.74) is 1.82. The van der Waals surface area contributed by atoms with Crippen molar-refractivity contribution in [3.05, 3.63) is 70.7 Å². The first-order valence-electron chi connectivity index (χ1n) is 9.29. The molecule has 1 N–H and O–H groups in total. The minimum Gasteiger partial charge on any atom is -0.352 e. The number of nitrogens with one attached hydrogen (secondary N) is 1. The predicted octanol–water partition coefficient (Wildman–Crippen LogP) is 4.21. The fourth-order valence-electron chi connectivity index (χ4n) is 2.75. The van der Waals surface area contributed by atoms with Crippen molar-refractivity contribution in [2.24, 2.45) is 0 Å². The molecule has 0 saturated heterocycles. The van der Waals surface area contributed by atoms with Crippen molar-refractivity contribution >= 4 is 23.4 Å². The zero-order valence-electron chi connectivity index (χ0n) is 16.1. The van der Waals surface area contributed by atoms with Crippen LogP contribution in [0.3, 0.4) is 0 Å². The molecule has 0 aliphatic rings. The maximum absolute atomic E-state index is 13.0. The molecule has 2 aromatic rings. The maximum atomic E-state index is 13.0. The van der Waals surface area contributed by atoms with Crippen LogP contribution in [0, 0.1) is 0 Å². The van der Waals surface area contributed by atoms with E-state index in [9.17, 15) is 9.59 Å². The molecule has 0 bridgehead atoms. The van der Waals surface area contributed by atoms with E-state index in [4.69, 9.17) is 11.6 Å². The van der Waals surface area contributed by atoms with Crippen molar-refractivity contribution in [1.29, 1.82) is 0 Å². The Hall–Kier alpha value is -2.33. The van der Waals surface area contributed by atoms with Gasteiger partial charge in [-0.1, -0.05) is 61.0 Å². The lowest BCUT2D eigenvalue weighted by atomic mass is 10.1. The summed E-state index contributed by atoms with van der Waals surface area (Å²) in [7, 11) is 0. The molecule has 144 valence electrons. The van der Waals surface area contributed by atoms with Crippen LogP contribution in [-0.2, 0) is 22.6 Å². The Kier molecular flexibility index (Phi) is 7.86. The van der Waals surface area contributed by atoms with Gasteiger partial charge < -0.3 is 10.2 Å². The maximum Gasteiger partial charge on any atom is 0.242 e. The largest absolute Gasteiger partial charge is 0.352 e. The van der Waals surface area contributed by atoms with Crippen LogP contribution in [0.1, 0.15) is 38.3 Å². The van der Waals surface area contributed by atoms with E-state index in [1.807, 2.05) is 62.4 Å².